The molecule has 1 heterocycles. The number of aromatic nitrogens is 3. The number of rotatable bonds is 5. The summed E-state index contributed by atoms with van der Waals surface area (Å²) in [5.41, 5.74) is 2.02. The number of ether oxygens (including phenoxy) is 1. The van der Waals surface area contributed by atoms with Crippen LogP contribution in [0, 0.1) is 11.8 Å². The minimum Gasteiger partial charge on any atom is -0.497 e. The van der Waals surface area contributed by atoms with Gasteiger partial charge >= 0.3 is 0 Å². The third-order valence-corrected chi connectivity index (χ3v) is 3.88. The second-order valence-electron chi connectivity index (χ2n) is 4.25. The second kappa shape index (κ2) is 7.72. The number of nitrogens with zero attached hydrogens (tertiary/aromatic N) is 3. The van der Waals surface area contributed by atoms with Crippen LogP contribution in [0.25, 0.3) is 0 Å². The van der Waals surface area contributed by atoms with E-state index in [0.717, 1.165) is 27.8 Å². The largest absolute Gasteiger partial charge is 0.497 e. The number of hydrogen-bond donors (Lipinski definition) is 1. The van der Waals surface area contributed by atoms with E-state index in [4.69, 9.17) is 9.84 Å². The Bertz CT molecular complexity index is 658. The number of aliphatic hydroxyl groups is 1. The van der Waals surface area contributed by atoms with Crippen molar-refractivity contribution in [2.24, 2.45) is 7.05 Å². The number of thioether (sulfide) groups is 1. The van der Waals surface area contributed by atoms with Gasteiger partial charge in [0.1, 0.15) is 12.1 Å². The lowest BCUT2D eigenvalue weighted by Crippen LogP contribution is -1.95. The van der Waals surface area contributed by atoms with Gasteiger partial charge in [-0.3, -0.25) is 0 Å². The third kappa shape index (κ3) is 4.25. The van der Waals surface area contributed by atoms with Gasteiger partial charge in [-0.2, -0.15) is 5.10 Å². The fraction of sp³-hybridized carbons (Fsp3) is 0.333. The number of aliphatic hydroxyl groups excluding tert-OH is 1. The van der Waals surface area contributed by atoms with Crippen LogP contribution >= 0.6 is 11.8 Å². The van der Waals surface area contributed by atoms with Crippen molar-refractivity contribution < 1.29 is 9.84 Å². The first kappa shape index (κ1) is 15.4. The normalized spacial score (nSPS) is 10.0. The Morgan fingerprint density at radius 1 is 1.43 bits per heavy atom. The van der Waals surface area contributed by atoms with Gasteiger partial charge in [0.2, 0.25) is 0 Å². The smallest absolute Gasteiger partial charge is 0.186 e. The summed E-state index contributed by atoms with van der Waals surface area (Å²) >= 11 is 1.60. The molecule has 0 spiro atoms. The lowest BCUT2D eigenvalue weighted by molar-refractivity contribution is 0.305. The lowest BCUT2D eigenvalue weighted by atomic mass is 10.1. The molecule has 5 nitrogen and oxygen atoms in total. The molecule has 1 aromatic heterocycles. The molecule has 0 saturated carbocycles. The molecule has 110 valence electrons. The fourth-order valence-corrected chi connectivity index (χ4v) is 2.59. The van der Waals surface area contributed by atoms with E-state index >= 15 is 0 Å². The molecular weight excluding hydrogens is 286 g/mol. The van der Waals surface area contributed by atoms with Gasteiger partial charge in [0, 0.05) is 24.8 Å². The zero-order valence-electron chi connectivity index (χ0n) is 12.0. The molecule has 1 aromatic carbocycles. The summed E-state index contributed by atoms with van der Waals surface area (Å²) in [7, 11) is 3.51. The van der Waals surface area contributed by atoms with Crippen LogP contribution in [-0.4, -0.2) is 33.6 Å². The van der Waals surface area contributed by atoms with Crippen molar-refractivity contribution in [3.63, 3.8) is 0 Å². The lowest BCUT2D eigenvalue weighted by Gasteiger charge is -2.07. The molecule has 0 unspecified atom stereocenters. The molecule has 2 rings (SSSR count). The van der Waals surface area contributed by atoms with Crippen LogP contribution in [0.2, 0.25) is 0 Å². The van der Waals surface area contributed by atoms with Gasteiger partial charge < -0.3 is 9.84 Å². The van der Waals surface area contributed by atoms with Crippen molar-refractivity contribution in [1.29, 1.82) is 0 Å². The second-order valence-corrected chi connectivity index (χ2v) is 5.20. The molecule has 0 aliphatic rings. The number of methoxy groups -OCH3 is 1. The molecule has 2 aromatic rings. The van der Waals surface area contributed by atoms with E-state index in [1.807, 2.05) is 25.2 Å². The van der Waals surface area contributed by atoms with E-state index in [9.17, 15) is 0 Å². The van der Waals surface area contributed by atoms with Gasteiger partial charge in [-0.25, -0.2) is 9.67 Å². The maximum absolute atomic E-state index is 8.81. The summed E-state index contributed by atoms with van der Waals surface area (Å²) in [6, 6.07) is 5.81. The Balaban J connectivity index is 2.19. The fourth-order valence-electron chi connectivity index (χ4n) is 1.71. The van der Waals surface area contributed by atoms with Crippen LogP contribution in [0.1, 0.15) is 17.5 Å². The van der Waals surface area contributed by atoms with Crippen LogP contribution in [0.15, 0.2) is 29.7 Å². The molecule has 0 aliphatic heterocycles. The van der Waals surface area contributed by atoms with Crippen molar-refractivity contribution in [3.05, 3.63) is 35.7 Å². The molecule has 0 amide bonds. The minimum absolute atomic E-state index is 0.0756. The van der Waals surface area contributed by atoms with Crippen molar-refractivity contribution in [3.8, 4) is 17.6 Å². The van der Waals surface area contributed by atoms with Gasteiger partial charge in [0.05, 0.1) is 13.7 Å². The molecule has 0 bridgehead atoms. The molecule has 0 saturated heterocycles. The summed E-state index contributed by atoms with van der Waals surface area (Å²) in [4.78, 5) is 4.19. The third-order valence-electron chi connectivity index (χ3n) is 2.80. The molecule has 0 radical (unpaired) electrons. The predicted molar refractivity (Wildman–Crippen MR) is 82.1 cm³/mol. The Kier molecular flexibility index (Phi) is 5.67. The predicted octanol–water partition coefficient (Wildman–Crippen LogP) is 1.85. The van der Waals surface area contributed by atoms with Gasteiger partial charge in [-0.1, -0.05) is 23.6 Å². The van der Waals surface area contributed by atoms with Crippen LogP contribution in [0.3, 0.4) is 0 Å². The van der Waals surface area contributed by atoms with Gasteiger partial charge in [-0.15, -0.1) is 0 Å². The SMILES string of the molecule is COc1ccc(C#CCCO)c(CSc2ncnn2C)c1. The first-order chi connectivity index (χ1) is 10.2. The van der Waals surface area contributed by atoms with E-state index in [2.05, 4.69) is 21.9 Å². The van der Waals surface area contributed by atoms with Gasteiger partial charge in [-0.05, 0) is 23.8 Å². The summed E-state index contributed by atoms with van der Waals surface area (Å²) in [6.07, 6.45) is 2.01. The minimum atomic E-state index is 0.0756. The van der Waals surface area contributed by atoms with Crippen molar-refractivity contribution in [1.82, 2.24) is 14.8 Å². The Labute approximate surface area is 128 Å². The van der Waals surface area contributed by atoms with Gasteiger partial charge in [0.25, 0.3) is 0 Å². The quantitative estimate of drug-likeness (QED) is 0.675. The molecular formula is C15H17N3O2S. The molecule has 0 aliphatic carbocycles. The molecule has 1 N–H and O–H groups in total. The zero-order chi connectivity index (χ0) is 15.1. The Morgan fingerprint density at radius 3 is 2.95 bits per heavy atom. The monoisotopic (exact) mass is 303 g/mol. The highest BCUT2D eigenvalue weighted by Crippen LogP contribution is 2.25. The molecule has 0 atom stereocenters. The van der Waals surface area contributed by atoms with Gasteiger partial charge in [0.15, 0.2) is 5.16 Å². The van der Waals surface area contributed by atoms with E-state index in [1.54, 1.807) is 23.6 Å². The summed E-state index contributed by atoms with van der Waals surface area (Å²) in [5.74, 6) is 7.57. The number of benzene rings is 1. The summed E-state index contributed by atoms with van der Waals surface area (Å²) < 4.78 is 7.00. The van der Waals surface area contributed by atoms with E-state index < -0.39 is 0 Å². The average molecular weight is 303 g/mol. The van der Waals surface area contributed by atoms with E-state index in [1.165, 1.54) is 6.33 Å². The Hall–Kier alpha value is -1.97. The van der Waals surface area contributed by atoms with Crippen molar-refractivity contribution in [2.45, 2.75) is 17.3 Å². The van der Waals surface area contributed by atoms with E-state index in [-0.39, 0.29) is 6.61 Å². The highest BCUT2D eigenvalue weighted by atomic mass is 32.2. The summed E-state index contributed by atoms with van der Waals surface area (Å²) in [5, 5.41) is 13.7. The highest BCUT2D eigenvalue weighted by molar-refractivity contribution is 7.98. The van der Waals surface area contributed by atoms with Crippen molar-refractivity contribution in [2.75, 3.05) is 13.7 Å². The summed E-state index contributed by atoms with van der Waals surface area (Å²) in [6.45, 7) is 0.0756. The van der Waals surface area contributed by atoms with Crippen molar-refractivity contribution >= 4 is 11.8 Å². The number of hydrogen-bond acceptors (Lipinski definition) is 5. The average Bonchev–Trinajstić information content (AvgIpc) is 2.91. The number of aryl methyl sites for hydroxylation is 1. The van der Waals surface area contributed by atoms with Crippen LogP contribution in [-0.2, 0) is 12.8 Å². The maximum Gasteiger partial charge on any atom is 0.186 e. The van der Waals surface area contributed by atoms with E-state index in [0.29, 0.717) is 6.42 Å². The standard InChI is InChI=1S/C15H17N3O2S/c1-18-15(16-11-17-18)21-10-13-9-14(20-2)7-6-12(13)5-3-4-8-19/h6-7,9,11,19H,4,8,10H2,1-2H3. The first-order valence-corrected chi connectivity index (χ1v) is 7.46. The maximum atomic E-state index is 8.81. The molecule has 6 heteroatoms. The molecule has 21 heavy (non-hydrogen) atoms. The highest BCUT2D eigenvalue weighted by Gasteiger charge is 2.07. The Morgan fingerprint density at radius 2 is 2.29 bits per heavy atom. The first-order valence-electron chi connectivity index (χ1n) is 6.48. The topological polar surface area (TPSA) is 60.2 Å². The van der Waals surface area contributed by atoms with Crippen LogP contribution < -0.4 is 4.74 Å². The molecule has 0 fully saturated rings. The zero-order valence-corrected chi connectivity index (χ0v) is 12.9. The van der Waals surface area contributed by atoms with Crippen LogP contribution in [0.4, 0.5) is 0 Å². The van der Waals surface area contributed by atoms with Crippen LogP contribution in [0.5, 0.6) is 5.75 Å².